The number of fused-ring (bicyclic) bond motifs is 3. The average Bonchev–Trinajstić information content (AvgIpc) is 3.33. The van der Waals surface area contributed by atoms with Crippen LogP contribution in [0.25, 0.3) is 22.0 Å². The number of halogens is 3. The molecular formula is C22H24F3N3O4. The van der Waals surface area contributed by atoms with Crippen molar-refractivity contribution in [1.82, 2.24) is 14.8 Å². The van der Waals surface area contributed by atoms with Gasteiger partial charge in [0.15, 0.2) is 11.3 Å². The second-order valence-electron chi connectivity index (χ2n) is 7.87. The van der Waals surface area contributed by atoms with Gasteiger partial charge in [0.25, 0.3) is 5.91 Å². The van der Waals surface area contributed by atoms with Crippen molar-refractivity contribution in [2.75, 3.05) is 33.3 Å². The maximum absolute atomic E-state index is 13.1. The predicted octanol–water partition coefficient (Wildman–Crippen LogP) is 4.63. The number of ether oxygens (including phenoxy) is 1. The zero-order valence-electron chi connectivity index (χ0n) is 17.6. The normalized spacial score (nSPS) is 15.4. The number of hydrogen-bond donors (Lipinski definition) is 1. The molecule has 0 saturated carbocycles. The van der Waals surface area contributed by atoms with E-state index in [2.05, 4.69) is 10.2 Å². The lowest BCUT2D eigenvalue weighted by Gasteiger charge is -2.26. The molecule has 2 aromatic heterocycles. The molecule has 0 unspecified atom stereocenters. The number of benzene rings is 1. The van der Waals surface area contributed by atoms with Gasteiger partial charge in [-0.25, -0.2) is 9.36 Å². The Hall–Kier alpha value is -3.01. The van der Waals surface area contributed by atoms with Gasteiger partial charge in [0, 0.05) is 18.0 Å². The van der Waals surface area contributed by atoms with Gasteiger partial charge in [0.05, 0.1) is 23.7 Å². The molecule has 1 aliphatic heterocycles. The van der Waals surface area contributed by atoms with Crippen molar-refractivity contribution in [3.05, 3.63) is 35.6 Å². The Morgan fingerprint density at radius 1 is 1.12 bits per heavy atom. The van der Waals surface area contributed by atoms with Crippen LogP contribution < -0.4 is 5.32 Å². The lowest BCUT2D eigenvalue weighted by Crippen LogP contribution is -2.33. The molecule has 7 nitrogen and oxygen atoms in total. The van der Waals surface area contributed by atoms with Gasteiger partial charge < -0.3 is 19.4 Å². The number of carbonyl (C=O) groups excluding carboxylic acids is 2. The van der Waals surface area contributed by atoms with Gasteiger partial charge in [0.1, 0.15) is 0 Å². The number of aromatic nitrogens is 1. The van der Waals surface area contributed by atoms with Crippen LogP contribution in [0.4, 0.5) is 18.0 Å². The summed E-state index contributed by atoms with van der Waals surface area (Å²) < 4.78 is 50.8. The van der Waals surface area contributed by atoms with E-state index in [1.54, 1.807) is 0 Å². The van der Waals surface area contributed by atoms with Crippen LogP contribution >= 0.6 is 0 Å². The molecule has 3 heterocycles. The number of piperidine rings is 1. The molecule has 0 radical (unpaired) electrons. The van der Waals surface area contributed by atoms with Crippen LogP contribution in [-0.2, 0) is 10.9 Å². The fourth-order valence-corrected chi connectivity index (χ4v) is 4.13. The zero-order valence-corrected chi connectivity index (χ0v) is 17.6. The van der Waals surface area contributed by atoms with E-state index >= 15 is 0 Å². The van der Waals surface area contributed by atoms with Crippen LogP contribution in [0.1, 0.15) is 41.8 Å². The van der Waals surface area contributed by atoms with Crippen LogP contribution in [0.5, 0.6) is 0 Å². The highest BCUT2D eigenvalue weighted by Crippen LogP contribution is 2.36. The molecule has 4 rings (SSSR count). The molecule has 1 fully saturated rings. The van der Waals surface area contributed by atoms with Crippen molar-refractivity contribution < 1.29 is 31.9 Å². The first kappa shape index (κ1) is 22.2. The number of carbonyl (C=O) groups is 2. The van der Waals surface area contributed by atoms with Gasteiger partial charge in [-0.2, -0.15) is 13.2 Å². The van der Waals surface area contributed by atoms with Crippen LogP contribution in [0.3, 0.4) is 0 Å². The summed E-state index contributed by atoms with van der Waals surface area (Å²) in [5.74, 6) is -0.469. The Labute approximate surface area is 182 Å². The number of amides is 1. The summed E-state index contributed by atoms with van der Waals surface area (Å²) in [6.07, 6.45) is -0.985. The molecule has 172 valence electrons. The number of nitrogens with zero attached hydrogens (tertiary/aromatic N) is 2. The maximum atomic E-state index is 13.1. The minimum Gasteiger partial charge on any atom is -0.452 e. The highest BCUT2D eigenvalue weighted by atomic mass is 19.4. The number of rotatable bonds is 5. The third-order valence-electron chi connectivity index (χ3n) is 5.73. The Kier molecular flexibility index (Phi) is 6.14. The molecule has 1 saturated heterocycles. The van der Waals surface area contributed by atoms with E-state index in [9.17, 15) is 22.8 Å². The molecule has 0 aliphatic carbocycles. The number of methoxy groups -OCH3 is 1. The SMILES string of the molecule is COC(=O)n1c2cc(C(F)(F)F)ccc2c2oc(C(=O)NCCCN3CCCCC3)cc21. The topological polar surface area (TPSA) is 76.7 Å². The smallest absolute Gasteiger partial charge is 0.418 e. The lowest BCUT2D eigenvalue weighted by molar-refractivity contribution is -0.137. The largest absolute Gasteiger partial charge is 0.452 e. The highest BCUT2D eigenvalue weighted by Gasteiger charge is 2.32. The van der Waals surface area contributed by atoms with Crippen LogP contribution in [0, 0.1) is 0 Å². The maximum Gasteiger partial charge on any atom is 0.418 e. The van der Waals surface area contributed by atoms with Crippen molar-refractivity contribution in [1.29, 1.82) is 0 Å². The molecular weight excluding hydrogens is 427 g/mol. The summed E-state index contributed by atoms with van der Waals surface area (Å²) in [6.45, 7) is 3.53. The monoisotopic (exact) mass is 451 g/mol. The van der Waals surface area contributed by atoms with E-state index in [1.807, 2.05) is 0 Å². The Balaban J connectivity index is 1.56. The van der Waals surface area contributed by atoms with Crippen LogP contribution in [0.15, 0.2) is 28.7 Å². The average molecular weight is 451 g/mol. The summed E-state index contributed by atoms with van der Waals surface area (Å²) >= 11 is 0. The van der Waals surface area contributed by atoms with Crippen molar-refractivity contribution in [3.8, 4) is 0 Å². The molecule has 1 amide bonds. The summed E-state index contributed by atoms with van der Waals surface area (Å²) in [6, 6.07) is 4.34. The zero-order chi connectivity index (χ0) is 22.9. The van der Waals surface area contributed by atoms with Gasteiger partial charge in [-0.3, -0.25) is 4.79 Å². The van der Waals surface area contributed by atoms with Crippen molar-refractivity contribution >= 4 is 34.0 Å². The number of nitrogens with one attached hydrogen (secondary N) is 1. The molecule has 0 atom stereocenters. The van der Waals surface area contributed by atoms with E-state index in [0.29, 0.717) is 6.54 Å². The van der Waals surface area contributed by atoms with E-state index in [1.165, 1.54) is 31.4 Å². The Morgan fingerprint density at radius 2 is 1.88 bits per heavy atom. The first-order chi connectivity index (χ1) is 15.3. The fraction of sp³-hybridized carbons (Fsp3) is 0.455. The predicted molar refractivity (Wildman–Crippen MR) is 112 cm³/mol. The van der Waals surface area contributed by atoms with Gasteiger partial charge >= 0.3 is 12.3 Å². The number of furan rings is 1. The molecule has 10 heteroatoms. The quantitative estimate of drug-likeness (QED) is 0.573. The third-order valence-corrected chi connectivity index (χ3v) is 5.73. The number of hydrogen-bond acceptors (Lipinski definition) is 5. The second kappa shape index (κ2) is 8.85. The number of likely N-dealkylation sites (tertiary alicyclic amines) is 1. The minimum atomic E-state index is -4.57. The summed E-state index contributed by atoms with van der Waals surface area (Å²) in [5, 5.41) is 3.08. The fourth-order valence-electron chi connectivity index (χ4n) is 4.13. The Bertz CT molecular complexity index is 1140. The number of alkyl halides is 3. The molecule has 0 spiro atoms. The summed E-state index contributed by atoms with van der Waals surface area (Å²) in [5.41, 5.74) is -0.585. The van der Waals surface area contributed by atoms with Gasteiger partial charge in [-0.05, 0) is 57.1 Å². The molecule has 1 aliphatic rings. The van der Waals surface area contributed by atoms with E-state index < -0.39 is 23.7 Å². The van der Waals surface area contributed by atoms with Crippen molar-refractivity contribution in [3.63, 3.8) is 0 Å². The van der Waals surface area contributed by atoms with Gasteiger partial charge in [0.2, 0.25) is 0 Å². The standard InChI is InChI=1S/C22H24F3N3O4/c1-31-21(30)28-16-12-14(22(23,24)25)6-7-15(16)19-17(28)13-18(32-19)20(29)26-8-5-11-27-9-3-2-4-10-27/h6-7,12-13H,2-5,8-11H2,1H3,(H,26,29). The minimum absolute atomic E-state index is 0.00563. The van der Waals surface area contributed by atoms with Crippen molar-refractivity contribution in [2.24, 2.45) is 0 Å². The van der Waals surface area contributed by atoms with Gasteiger partial charge in [-0.15, -0.1) is 0 Å². The van der Waals surface area contributed by atoms with Gasteiger partial charge in [-0.1, -0.05) is 6.42 Å². The van der Waals surface area contributed by atoms with Crippen LogP contribution in [0.2, 0.25) is 0 Å². The molecule has 0 bridgehead atoms. The second-order valence-corrected chi connectivity index (χ2v) is 7.87. The third kappa shape index (κ3) is 4.32. The summed E-state index contributed by atoms with van der Waals surface area (Å²) in [7, 11) is 1.13. The van der Waals surface area contributed by atoms with E-state index in [4.69, 9.17) is 9.15 Å². The first-order valence-corrected chi connectivity index (χ1v) is 10.5. The van der Waals surface area contributed by atoms with E-state index in [-0.39, 0.29) is 27.8 Å². The first-order valence-electron chi connectivity index (χ1n) is 10.5. The molecule has 3 aromatic rings. The lowest BCUT2D eigenvalue weighted by atomic mass is 10.1. The molecule has 1 N–H and O–H groups in total. The molecule has 32 heavy (non-hydrogen) atoms. The highest BCUT2D eigenvalue weighted by molar-refractivity contribution is 6.12. The summed E-state index contributed by atoms with van der Waals surface area (Å²) in [4.78, 5) is 27.2. The Morgan fingerprint density at radius 3 is 2.56 bits per heavy atom. The van der Waals surface area contributed by atoms with Crippen molar-refractivity contribution in [2.45, 2.75) is 31.9 Å². The van der Waals surface area contributed by atoms with Crippen LogP contribution in [-0.4, -0.2) is 54.8 Å². The van der Waals surface area contributed by atoms with E-state index in [0.717, 1.165) is 49.9 Å². The molecule has 1 aromatic carbocycles.